The van der Waals surface area contributed by atoms with Crippen LogP contribution in [-0.2, 0) is 6.42 Å². The monoisotopic (exact) mass is 335 g/mol. The van der Waals surface area contributed by atoms with E-state index in [0.29, 0.717) is 23.8 Å². The second kappa shape index (κ2) is 7.51. The molecule has 1 fully saturated rings. The summed E-state index contributed by atoms with van der Waals surface area (Å²) in [6.07, 6.45) is 6.74. The molecule has 1 aromatic heterocycles. The maximum atomic E-state index is 12.4. The summed E-state index contributed by atoms with van der Waals surface area (Å²) in [5.41, 5.74) is 11.3. The average Bonchev–Trinajstić information content (AvgIpc) is 3.46. The Hall–Kier alpha value is -2.62. The third kappa shape index (κ3) is 4.08. The summed E-state index contributed by atoms with van der Waals surface area (Å²) in [5.74, 6) is 0.945. The van der Waals surface area contributed by atoms with Crippen LogP contribution < -0.4 is 11.1 Å². The number of hydrogen-bond acceptors (Lipinski definition) is 3. The highest BCUT2D eigenvalue weighted by molar-refractivity contribution is 5.94. The quantitative estimate of drug-likeness (QED) is 0.840. The molecule has 1 aliphatic rings. The van der Waals surface area contributed by atoms with E-state index >= 15 is 0 Å². The highest BCUT2D eigenvalue weighted by atomic mass is 16.1. The zero-order valence-corrected chi connectivity index (χ0v) is 14.9. The first kappa shape index (κ1) is 17.2. The molecule has 4 nitrogen and oxygen atoms in total. The minimum absolute atomic E-state index is 0.0883. The van der Waals surface area contributed by atoms with E-state index in [1.807, 2.05) is 25.1 Å². The number of hydrogen-bond donors (Lipinski definition) is 2. The number of pyridine rings is 1. The first-order chi connectivity index (χ1) is 12.1. The van der Waals surface area contributed by atoms with Gasteiger partial charge in [-0.2, -0.15) is 0 Å². The second-order valence-corrected chi connectivity index (χ2v) is 6.61. The van der Waals surface area contributed by atoms with Crippen molar-refractivity contribution in [2.24, 2.45) is 0 Å². The number of nitrogens with two attached hydrogens (primary N) is 1. The lowest BCUT2D eigenvalue weighted by molar-refractivity contribution is 0.0953. The first-order valence-electron chi connectivity index (χ1n) is 8.85. The molecule has 1 aliphatic carbocycles. The fourth-order valence-electron chi connectivity index (χ4n) is 3.03. The number of rotatable bonds is 6. The molecule has 1 amide bonds. The number of carbonyl (C=O) groups is 1. The number of amides is 1. The Morgan fingerprint density at radius 3 is 2.84 bits per heavy atom. The number of anilines is 1. The molecule has 1 heterocycles. The lowest BCUT2D eigenvalue weighted by Crippen LogP contribution is -2.26. The third-order valence-electron chi connectivity index (χ3n) is 4.78. The molecule has 0 aliphatic heterocycles. The number of nitrogen functional groups attached to an aromatic ring is 1. The average molecular weight is 335 g/mol. The Balaban J connectivity index is 1.63. The van der Waals surface area contributed by atoms with Gasteiger partial charge in [-0.1, -0.05) is 30.3 Å². The van der Waals surface area contributed by atoms with Crippen LogP contribution in [0.15, 0.2) is 42.6 Å². The van der Waals surface area contributed by atoms with Crippen molar-refractivity contribution in [2.75, 3.05) is 12.3 Å². The van der Waals surface area contributed by atoms with Crippen LogP contribution in [0.1, 0.15) is 59.7 Å². The second-order valence-electron chi connectivity index (χ2n) is 6.61. The number of benzene rings is 1. The van der Waals surface area contributed by atoms with E-state index in [2.05, 4.69) is 35.4 Å². The zero-order valence-electron chi connectivity index (χ0n) is 14.9. The van der Waals surface area contributed by atoms with Crippen molar-refractivity contribution < 1.29 is 4.79 Å². The van der Waals surface area contributed by atoms with Gasteiger partial charge >= 0.3 is 0 Å². The molecular weight excluding hydrogens is 310 g/mol. The smallest absolute Gasteiger partial charge is 0.252 e. The number of carbonyl (C=O) groups excluding carboxylic acids is 1. The molecule has 0 unspecified atom stereocenters. The largest absolute Gasteiger partial charge is 0.383 e. The van der Waals surface area contributed by atoms with E-state index in [-0.39, 0.29) is 5.91 Å². The lowest BCUT2D eigenvalue weighted by Gasteiger charge is -2.11. The van der Waals surface area contributed by atoms with Gasteiger partial charge in [0.25, 0.3) is 5.91 Å². The fourth-order valence-corrected chi connectivity index (χ4v) is 3.03. The molecule has 2 aromatic rings. The number of nitrogens with one attached hydrogen (secondary N) is 1. The standard InChI is InChI=1S/C21H25N3O/c1-3-14(2)18-7-5-4-6-15(18)10-11-23-21(25)17-12-19(16-8-9-16)20(22)24-13-17/h3-7,12-13,16H,8-11H2,1-2H3,(H2,22,24)(H,23,25)/b14-3-. The summed E-state index contributed by atoms with van der Waals surface area (Å²) in [7, 11) is 0. The predicted octanol–water partition coefficient (Wildman–Crippen LogP) is 3.94. The van der Waals surface area contributed by atoms with Crippen molar-refractivity contribution in [3.63, 3.8) is 0 Å². The van der Waals surface area contributed by atoms with Gasteiger partial charge < -0.3 is 11.1 Å². The third-order valence-corrected chi connectivity index (χ3v) is 4.78. The Labute approximate surface area is 149 Å². The summed E-state index contributed by atoms with van der Waals surface area (Å²) in [6, 6.07) is 10.2. The molecule has 0 radical (unpaired) electrons. The molecule has 0 spiro atoms. The Bertz CT molecular complexity index is 807. The Kier molecular flexibility index (Phi) is 5.17. The molecule has 1 aromatic carbocycles. The fraction of sp³-hybridized carbons (Fsp3) is 0.333. The van der Waals surface area contributed by atoms with Crippen LogP contribution in [0.25, 0.3) is 5.57 Å². The Morgan fingerprint density at radius 1 is 1.36 bits per heavy atom. The van der Waals surface area contributed by atoms with Gasteiger partial charge in [-0.3, -0.25) is 4.79 Å². The molecule has 0 atom stereocenters. The Morgan fingerprint density at radius 2 is 2.12 bits per heavy atom. The number of aromatic nitrogens is 1. The van der Waals surface area contributed by atoms with Crippen molar-refractivity contribution in [2.45, 2.75) is 39.0 Å². The van der Waals surface area contributed by atoms with Gasteiger partial charge in [0.05, 0.1) is 5.56 Å². The molecule has 3 rings (SSSR count). The van der Waals surface area contributed by atoms with Crippen molar-refractivity contribution in [1.82, 2.24) is 10.3 Å². The topological polar surface area (TPSA) is 68.0 Å². The van der Waals surface area contributed by atoms with E-state index in [0.717, 1.165) is 24.8 Å². The van der Waals surface area contributed by atoms with Crippen LogP contribution >= 0.6 is 0 Å². The molecular formula is C21H25N3O. The molecule has 0 saturated heterocycles. The number of allylic oxidation sites excluding steroid dienone is 2. The molecule has 1 saturated carbocycles. The molecule has 130 valence electrons. The first-order valence-corrected chi connectivity index (χ1v) is 8.85. The van der Waals surface area contributed by atoms with Gasteiger partial charge in [0, 0.05) is 12.7 Å². The van der Waals surface area contributed by atoms with Crippen LogP contribution in [-0.4, -0.2) is 17.4 Å². The number of nitrogens with zero attached hydrogens (tertiary/aromatic N) is 1. The molecule has 0 bridgehead atoms. The maximum Gasteiger partial charge on any atom is 0.252 e. The maximum absolute atomic E-state index is 12.4. The van der Waals surface area contributed by atoms with Crippen LogP contribution in [0.2, 0.25) is 0 Å². The molecule has 4 heteroatoms. The van der Waals surface area contributed by atoms with Crippen molar-refractivity contribution in [3.8, 4) is 0 Å². The lowest BCUT2D eigenvalue weighted by atomic mass is 9.98. The SMILES string of the molecule is C/C=C(/C)c1ccccc1CCNC(=O)c1cnc(N)c(C2CC2)c1. The van der Waals surface area contributed by atoms with Gasteiger partial charge in [0.2, 0.25) is 0 Å². The van der Waals surface area contributed by atoms with Gasteiger partial charge in [-0.25, -0.2) is 4.98 Å². The van der Waals surface area contributed by atoms with Crippen LogP contribution in [0.5, 0.6) is 0 Å². The summed E-state index contributed by atoms with van der Waals surface area (Å²) in [4.78, 5) is 16.6. The van der Waals surface area contributed by atoms with Gasteiger partial charge in [0.15, 0.2) is 0 Å². The predicted molar refractivity (Wildman–Crippen MR) is 102 cm³/mol. The molecule has 3 N–H and O–H groups in total. The van der Waals surface area contributed by atoms with E-state index in [1.165, 1.54) is 16.7 Å². The van der Waals surface area contributed by atoms with Gasteiger partial charge in [0.1, 0.15) is 5.82 Å². The van der Waals surface area contributed by atoms with Crippen LogP contribution in [0.4, 0.5) is 5.82 Å². The van der Waals surface area contributed by atoms with Gasteiger partial charge in [-0.05, 0) is 67.4 Å². The summed E-state index contributed by atoms with van der Waals surface area (Å²) in [5, 5.41) is 3.00. The van der Waals surface area contributed by atoms with E-state index in [9.17, 15) is 4.79 Å². The minimum atomic E-state index is -0.0883. The molecule has 25 heavy (non-hydrogen) atoms. The van der Waals surface area contributed by atoms with Crippen molar-refractivity contribution in [3.05, 3.63) is 64.9 Å². The van der Waals surface area contributed by atoms with Crippen LogP contribution in [0.3, 0.4) is 0 Å². The highest BCUT2D eigenvalue weighted by Gasteiger charge is 2.27. The van der Waals surface area contributed by atoms with Crippen molar-refractivity contribution >= 4 is 17.3 Å². The van der Waals surface area contributed by atoms with Gasteiger partial charge in [-0.15, -0.1) is 0 Å². The zero-order chi connectivity index (χ0) is 17.8. The highest BCUT2D eigenvalue weighted by Crippen LogP contribution is 2.42. The van der Waals surface area contributed by atoms with Crippen molar-refractivity contribution in [1.29, 1.82) is 0 Å². The van der Waals surface area contributed by atoms with E-state index in [4.69, 9.17) is 5.73 Å². The summed E-state index contributed by atoms with van der Waals surface area (Å²) in [6.45, 7) is 4.74. The summed E-state index contributed by atoms with van der Waals surface area (Å²) >= 11 is 0. The van der Waals surface area contributed by atoms with Crippen LogP contribution in [0, 0.1) is 0 Å². The normalized spacial score (nSPS) is 14.4. The van der Waals surface area contributed by atoms with E-state index in [1.54, 1.807) is 6.20 Å². The summed E-state index contributed by atoms with van der Waals surface area (Å²) < 4.78 is 0. The van der Waals surface area contributed by atoms with E-state index < -0.39 is 0 Å². The minimum Gasteiger partial charge on any atom is -0.383 e.